The molecule has 1 spiro atoms. The van der Waals surface area contributed by atoms with Gasteiger partial charge in [0.05, 0.1) is 0 Å². The summed E-state index contributed by atoms with van der Waals surface area (Å²) in [7, 11) is 0. The van der Waals surface area contributed by atoms with Crippen molar-refractivity contribution in [3.8, 4) is 11.8 Å². The van der Waals surface area contributed by atoms with Crippen LogP contribution in [0.5, 0.6) is 5.75 Å². The maximum absolute atomic E-state index is 9.54. The number of allylic oxidation sites excluding steroid dienone is 1. The van der Waals surface area contributed by atoms with Crippen molar-refractivity contribution in [3.63, 3.8) is 0 Å². The molecule has 1 unspecified atom stereocenters. The molecule has 3 aliphatic rings. The van der Waals surface area contributed by atoms with Gasteiger partial charge in [-0.1, -0.05) is 24.3 Å². The van der Waals surface area contributed by atoms with Crippen LogP contribution in [0.4, 0.5) is 0 Å². The monoisotopic (exact) mass is 278 g/mol. The molecule has 4 nitrogen and oxygen atoms in total. The Bertz CT molecular complexity index is 767. The number of hydrogen-bond donors (Lipinski definition) is 1. The van der Waals surface area contributed by atoms with Crippen LogP contribution in [-0.2, 0) is 4.74 Å². The molecule has 1 aromatic carbocycles. The zero-order chi connectivity index (χ0) is 14.4. The van der Waals surface area contributed by atoms with Crippen LogP contribution in [-0.4, -0.2) is 5.60 Å². The first-order valence-electron chi connectivity index (χ1n) is 7.02. The van der Waals surface area contributed by atoms with Gasteiger partial charge in [-0.15, -0.1) is 0 Å². The molecule has 1 aliphatic carbocycles. The lowest BCUT2D eigenvalue weighted by molar-refractivity contribution is 0.158. The summed E-state index contributed by atoms with van der Waals surface area (Å²) in [6.45, 7) is 0. The Morgan fingerprint density at radius 1 is 1.24 bits per heavy atom. The van der Waals surface area contributed by atoms with Crippen molar-refractivity contribution in [1.29, 1.82) is 5.26 Å². The lowest BCUT2D eigenvalue weighted by atomic mass is 9.81. The van der Waals surface area contributed by atoms with Crippen LogP contribution in [0.3, 0.4) is 0 Å². The lowest BCUT2D eigenvalue weighted by Gasteiger charge is -2.38. The summed E-state index contributed by atoms with van der Waals surface area (Å²) in [4.78, 5) is 0. The van der Waals surface area contributed by atoms with Gasteiger partial charge in [0.25, 0.3) is 0 Å². The molecule has 0 aromatic heterocycles. The molecule has 2 heterocycles. The van der Waals surface area contributed by atoms with E-state index in [0.717, 1.165) is 41.9 Å². The minimum absolute atomic E-state index is 0.155. The Kier molecular flexibility index (Phi) is 2.40. The van der Waals surface area contributed by atoms with Gasteiger partial charge in [-0.2, -0.15) is 5.26 Å². The van der Waals surface area contributed by atoms with Crippen molar-refractivity contribution in [2.45, 2.75) is 24.9 Å². The molecule has 4 heteroatoms. The number of nitriles is 1. The number of fused-ring (bicyclic) bond motifs is 2. The first kappa shape index (κ1) is 12.1. The van der Waals surface area contributed by atoms with Crippen LogP contribution in [0.2, 0.25) is 0 Å². The fourth-order valence-electron chi connectivity index (χ4n) is 3.30. The minimum atomic E-state index is -0.892. The van der Waals surface area contributed by atoms with Gasteiger partial charge >= 0.3 is 0 Å². The predicted octanol–water partition coefficient (Wildman–Crippen LogP) is 2.99. The topological polar surface area (TPSA) is 68.3 Å². The van der Waals surface area contributed by atoms with Crippen molar-refractivity contribution >= 4 is 6.08 Å². The van der Waals surface area contributed by atoms with Gasteiger partial charge in [0.1, 0.15) is 23.2 Å². The highest BCUT2D eigenvalue weighted by atomic mass is 16.5. The molecule has 0 fully saturated rings. The number of nitrogens with zero attached hydrogens (tertiary/aromatic N) is 1. The van der Waals surface area contributed by atoms with Crippen LogP contribution in [0.1, 0.15) is 24.8 Å². The minimum Gasteiger partial charge on any atom is -0.472 e. The van der Waals surface area contributed by atoms with Crippen LogP contribution in [0, 0.1) is 11.3 Å². The van der Waals surface area contributed by atoms with Gasteiger partial charge < -0.3 is 15.2 Å². The van der Waals surface area contributed by atoms with E-state index in [2.05, 4.69) is 6.07 Å². The zero-order valence-electron chi connectivity index (χ0n) is 11.4. The highest BCUT2D eigenvalue weighted by Gasteiger charge is 2.49. The van der Waals surface area contributed by atoms with E-state index in [0.29, 0.717) is 5.57 Å². The summed E-state index contributed by atoms with van der Waals surface area (Å²) in [5, 5.41) is 9.54. The third-order valence-electron chi connectivity index (χ3n) is 4.27. The summed E-state index contributed by atoms with van der Waals surface area (Å²) in [6, 6.07) is 9.96. The molecule has 2 aliphatic heterocycles. The van der Waals surface area contributed by atoms with E-state index in [9.17, 15) is 5.26 Å². The standard InChI is InChI=1S/C17H14N2O2/c18-10-13-16(19)20-15-7-3-5-12(15)17(13)9-8-11-4-1-2-6-14(11)21-17/h1-2,4,6,8-9H,3,5,7,19H2. The molecule has 1 atom stereocenters. The second kappa shape index (κ2) is 4.16. The number of rotatable bonds is 0. The summed E-state index contributed by atoms with van der Waals surface area (Å²) >= 11 is 0. The molecule has 0 saturated heterocycles. The summed E-state index contributed by atoms with van der Waals surface area (Å²) < 4.78 is 11.9. The number of nitrogens with two attached hydrogens (primary N) is 1. The van der Waals surface area contributed by atoms with Crippen LogP contribution >= 0.6 is 0 Å². The molecular weight excluding hydrogens is 264 g/mol. The first-order valence-corrected chi connectivity index (χ1v) is 7.02. The predicted molar refractivity (Wildman–Crippen MR) is 77.6 cm³/mol. The Balaban J connectivity index is 1.93. The largest absolute Gasteiger partial charge is 0.472 e. The third-order valence-corrected chi connectivity index (χ3v) is 4.27. The smallest absolute Gasteiger partial charge is 0.209 e. The van der Waals surface area contributed by atoms with E-state index >= 15 is 0 Å². The van der Waals surface area contributed by atoms with Crippen molar-refractivity contribution < 1.29 is 9.47 Å². The second-order valence-electron chi connectivity index (χ2n) is 5.42. The zero-order valence-corrected chi connectivity index (χ0v) is 11.4. The average Bonchev–Trinajstić information content (AvgIpc) is 2.96. The number of hydrogen-bond acceptors (Lipinski definition) is 4. The molecule has 2 N–H and O–H groups in total. The van der Waals surface area contributed by atoms with E-state index in [1.165, 1.54) is 0 Å². The first-order chi connectivity index (χ1) is 10.2. The van der Waals surface area contributed by atoms with E-state index in [-0.39, 0.29) is 5.88 Å². The molecular formula is C17H14N2O2. The van der Waals surface area contributed by atoms with E-state index in [4.69, 9.17) is 15.2 Å². The third kappa shape index (κ3) is 1.55. The van der Waals surface area contributed by atoms with Crippen LogP contribution in [0.15, 0.2) is 53.1 Å². The molecule has 0 bridgehead atoms. The molecule has 0 radical (unpaired) electrons. The molecule has 21 heavy (non-hydrogen) atoms. The van der Waals surface area contributed by atoms with Crippen molar-refractivity contribution in [2.75, 3.05) is 0 Å². The van der Waals surface area contributed by atoms with Crippen molar-refractivity contribution in [2.24, 2.45) is 5.73 Å². The fraction of sp³-hybridized carbons (Fsp3) is 0.235. The van der Waals surface area contributed by atoms with Gasteiger partial charge in [0.2, 0.25) is 5.88 Å². The van der Waals surface area contributed by atoms with Gasteiger partial charge in [0.15, 0.2) is 5.60 Å². The number of benzene rings is 1. The summed E-state index contributed by atoms with van der Waals surface area (Å²) in [5.41, 5.74) is 7.44. The molecule has 0 amide bonds. The Morgan fingerprint density at radius 3 is 2.95 bits per heavy atom. The maximum atomic E-state index is 9.54. The van der Waals surface area contributed by atoms with E-state index in [1.54, 1.807) is 0 Å². The highest BCUT2D eigenvalue weighted by molar-refractivity contribution is 5.67. The van der Waals surface area contributed by atoms with Crippen LogP contribution < -0.4 is 10.5 Å². The van der Waals surface area contributed by atoms with Crippen molar-refractivity contribution in [3.05, 3.63) is 58.7 Å². The Hall–Kier alpha value is -2.67. The molecule has 4 rings (SSSR count). The average molecular weight is 278 g/mol. The second-order valence-corrected chi connectivity index (χ2v) is 5.42. The lowest BCUT2D eigenvalue weighted by Crippen LogP contribution is -2.43. The summed E-state index contributed by atoms with van der Waals surface area (Å²) in [5.74, 6) is 1.78. The summed E-state index contributed by atoms with van der Waals surface area (Å²) in [6.07, 6.45) is 6.63. The quantitative estimate of drug-likeness (QED) is 0.792. The normalized spacial score (nSPS) is 26.0. The van der Waals surface area contributed by atoms with Gasteiger partial charge in [0, 0.05) is 17.6 Å². The van der Waals surface area contributed by atoms with E-state index in [1.807, 2.05) is 36.4 Å². The number of para-hydroxylation sites is 1. The molecule has 0 saturated carbocycles. The Labute approximate surface area is 122 Å². The molecule has 104 valence electrons. The van der Waals surface area contributed by atoms with Gasteiger partial charge in [-0.05, 0) is 25.0 Å². The SMILES string of the molecule is N#CC1=C(N)OC2=C(CCC2)C12C=Cc1ccccc1O2. The molecule has 1 aromatic rings. The van der Waals surface area contributed by atoms with Gasteiger partial charge in [-0.3, -0.25) is 0 Å². The maximum Gasteiger partial charge on any atom is 0.209 e. The van der Waals surface area contributed by atoms with Crippen LogP contribution in [0.25, 0.3) is 6.08 Å². The van der Waals surface area contributed by atoms with Crippen molar-refractivity contribution in [1.82, 2.24) is 0 Å². The van der Waals surface area contributed by atoms with Gasteiger partial charge in [-0.25, -0.2) is 0 Å². The van der Waals surface area contributed by atoms with E-state index < -0.39 is 5.60 Å². The fourth-order valence-corrected chi connectivity index (χ4v) is 3.30. The highest BCUT2D eigenvalue weighted by Crippen LogP contribution is 2.48. The number of ether oxygens (including phenoxy) is 2. The Morgan fingerprint density at radius 2 is 2.10 bits per heavy atom.